The Morgan fingerprint density at radius 2 is 1.91 bits per heavy atom. The second-order valence-corrected chi connectivity index (χ2v) is 11.6. The van der Waals surface area contributed by atoms with Crippen molar-refractivity contribution in [3.63, 3.8) is 0 Å². The highest BCUT2D eigenvalue weighted by Crippen LogP contribution is 2.41. The van der Waals surface area contributed by atoms with Crippen molar-refractivity contribution in [3.05, 3.63) is 71.3 Å². The predicted molar refractivity (Wildman–Crippen MR) is 155 cm³/mol. The van der Waals surface area contributed by atoms with E-state index in [1.807, 2.05) is 19.2 Å². The minimum absolute atomic E-state index is 0.0125. The number of benzene rings is 1. The number of likely N-dealkylation sites (tertiary alicyclic amines) is 1. The standard InChI is InChI=1S/C31H31F3N8O/c1-40-18-37-39-29(40)22-6-7-35-15-24(22)21-13-27(36-8-5-19-3-4-19)38-28(14-21)42-17-25-23(30(42)43)11-20(16-41-9-2-10-41)12-26(25)31(32,33)34/h6-7,11-15,18-19H,2-5,8-10,16-17H2,1H3,(H,36,38). The van der Waals surface area contributed by atoms with Gasteiger partial charge in [-0.25, -0.2) is 4.98 Å². The SMILES string of the molecule is Cn1cnnc1-c1ccncc1-c1cc(NCCC2CC2)nc(N2Cc3c(cc(CN4CCC4)cc3C(F)(F)F)C2=O)c1. The third kappa shape index (κ3) is 5.47. The number of anilines is 2. The fourth-order valence-corrected chi connectivity index (χ4v) is 5.85. The zero-order valence-corrected chi connectivity index (χ0v) is 23.7. The average Bonchev–Trinajstić information content (AvgIpc) is 3.60. The number of nitrogens with one attached hydrogen (secondary N) is 1. The van der Waals surface area contributed by atoms with Crippen LogP contribution in [0.5, 0.6) is 0 Å². The quantitative estimate of drug-likeness (QED) is 0.275. The summed E-state index contributed by atoms with van der Waals surface area (Å²) >= 11 is 0. The van der Waals surface area contributed by atoms with Gasteiger partial charge in [0.1, 0.15) is 18.0 Å². The zero-order valence-electron chi connectivity index (χ0n) is 23.7. The number of rotatable bonds is 9. The summed E-state index contributed by atoms with van der Waals surface area (Å²) in [7, 11) is 1.84. The molecule has 0 unspecified atom stereocenters. The van der Waals surface area contributed by atoms with Crippen LogP contribution in [0.1, 0.15) is 52.7 Å². The summed E-state index contributed by atoms with van der Waals surface area (Å²) < 4.78 is 44.7. The molecule has 0 bridgehead atoms. The van der Waals surface area contributed by atoms with Crippen LogP contribution >= 0.6 is 0 Å². The van der Waals surface area contributed by atoms with Gasteiger partial charge in [0.25, 0.3) is 5.91 Å². The van der Waals surface area contributed by atoms with Crippen molar-refractivity contribution in [2.75, 3.05) is 29.9 Å². The van der Waals surface area contributed by atoms with Gasteiger partial charge in [-0.3, -0.25) is 19.6 Å². The maximum atomic E-state index is 14.3. The molecule has 3 aromatic heterocycles. The number of amides is 1. The molecule has 1 saturated carbocycles. The number of fused-ring (bicyclic) bond motifs is 1. The normalized spacial score (nSPS) is 16.8. The maximum Gasteiger partial charge on any atom is 0.416 e. The van der Waals surface area contributed by atoms with E-state index in [4.69, 9.17) is 4.98 Å². The largest absolute Gasteiger partial charge is 0.416 e. The summed E-state index contributed by atoms with van der Waals surface area (Å²) in [6, 6.07) is 8.28. The fourth-order valence-electron chi connectivity index (χ4n) is 5.85. The van der Waals surface area contributed by atoms with Gasteiger partial charge in [0.2, 0.25) is 0 Å². The van der Waals surface area contributed by atoms with E-state index in [-0.39, 0.29) is 23.5 Å². The smallest absolute Gasteiger partial charge is 0.370 e. The Balaban J connectivity index is 1.29. The lowest BCUT2D eigenvalue weighted by Crippen LogP contribution is -2.36. The number of aromatic nitrogens is 5. The number of carbonyl (C=O) groups excluding carboxylic acids is 1. The first kappa shape index (κ1) is 27.5. The second-order valence-electron chi connectivity index (χ2n) is 11.6. The average molecular weight is 589 g/mol. The Hall–Kier alpha value is -4.32. The van der Waals surface area contributed by atoms with Crippen LogP contribution in [0.2, 0.25) is 0 Å². The minimum atomic E-state index is -4.59. The van der Waals surface area contributed by atoms with E-state index in [1.54, 1.807) is 35.4 Å². The van der Waals surface area contributed by atoms with Crippen LogP contribution in [-0.4, -0.2) is 55.2 Å². The molecular formula is C31H31F3N8O. The van der Waals surface area contributed by atoms with Crippen LogP contribution in [0.25, 0.3) is 22.5 Å². The van der Waals surface area contributed by atoms with E-state index in [2.05, 4.69) is 25.4 Å². The van der Waals surface area contributed by atoms with Crippen LogP contribution < -0.4 is 10.2 Å². The molecule has 222 valence electrons. The molecule has 9 nitrogen and oxygen atoms in total. The molecule has 3 aliphatic rings. The molecule has 12 heteroatoms. The summed E-state index contributed by atoms with van der Waals surface area (Å²) in [5.74, 6) is 1.67. The Morgan fingerprint density at radius 1 is 1.07 bits per heavy atom. The Labute approximate surface area is 246 Å². The van der Waals surface area contributed by atoms with Gasteiger partial charge in [0.15, 0.2) is 5.82 Å². The highest BCUT2D eigenvalue weighted by atomic mass is 19.4. The first-order chi connectivity index (χ1) is 20.7. The number of nitrogens with zero attached hydrogens (tertiary/aromatic N) is 7. The van der Waals surface area contributed by atoms with Crippen LogP contribution in [0, 0.1) is 5.92 Å². The molecule has 1 aliphatic carbocycles. The Morgan fingerprint density at radius 3 is 2.60 bits per heavy atom. The molecule has 4 aromatic rings. The number of alkyl halides is 3. The molecule has 2 fully saturated rings. The highest BCUT2D eigenvalue weighted by molar-refractivity contribution is 6.10. The van der Waals surface area contributed by atoms with E-state index < -0.39 is 17.6 Å². The monoisotopic (exact) mass is 588 g/mol. The van der Waals surface area contributed by atoms with Gasteiger partial charge in [-0.1, -0.05) is 12.8 Å². The summed E-state index contributed by atoms with van der Waals surface area (Å²) in [6.45, 7) is 2.56. The number of halogens is 3. The van der Waals surface area contributed by atoms with Crippen LogP contribution in [-0.2, 0) is 26.3 Å². The van der Waals surface area contributed by atoms with Crippen molar-refractivity contribution in [1.29, 1.82) is 0 Å². The number of carbonyl (C=O) groups is 1. The number of aryl methyl sites for hydroxylation is 1. The molecule has 0 atom stereocenters. The molecule has 1 N–H and O–H groups in total. The van der Waals surface area contributed by atoms with Gasteiger partial charge in [-0.2, -0.15) is 13.2 Å². The van der Waals surface area contributed by atoms with Crippen molar-refractivity contribution in [2.45, 2.75) is 44.9 Å². The molecular weight excluding hydrogens is 557 g/mol. The molecule has 0 spiro atoms. The topological polar surface area (TPSA) is 92.1 Å². The van der Waals surface area contributed by atoms with Crippen molar-refractivity contribution in [2.24, 2.45) is 13.0 Å². The van der Waals surface area contributed by atoms with E-state index in [9.17, 15) is 18.0 Å². The van der Waals surface area contributed by atoms with Gasteiger partial charge in [-0.05, 0) is 78.9 Å². The molecule has 7 rings (SSSR count). The number of hydrogen-bond donors (Lipinski definition) is 1. The molecule has 43 heavy (non-hydrogen) atoms. The molecule has 1 saturated heterocycles. The van der Waals surface area contributed by atoms with E-state index >= 15 is 0 Å². The molecule has 2 aliphatic heterocycles. The van der Waals surface area contributed by atoms with Crippen LogP contribution in [0.15, 0.2) is 49.1 Å². The highest BCUT2D eigenvalue weighted by Gasteiger charge is 2.41. The summed E-state index contributed by atoms with van der Waals surface area (Å²) in [6.07, 6.45) is 4.87. The third-order valence-electron chi connectivity index (χ3n) is 8.49. The number of pyridine rings is 2. The summed E-state index contributed by atoms with van der Waals surface area (Å²) in [4.78, 5) is 26.3. The first-order valence-corrected chi connectivity index (χ1v) is 14.6. The van der Waals surface area contributed by atoms with Crippen molar-refractivity contribution in [1.82, 2.24) is 29.6 Å². The summed E-state index contributed by atoms with van der Waals surface area (Å²) in [5.41, 5.74) is 2.04. The van der Waals surface area contributed by atoms with Crippen molar-refractivity contribution in [3.8, 4) is 22.5 Å². The van der Waals surface area contributed by atoms with Gasteiger partial charge in [0, 0.05) is 49.2 Å². The van der Waals surface area contributed by atoms with Gasteiger partial charge in [0.05, 0.1) is 12.1 Å². The van der Waals surface area contributed by atoms with E-state index in [0.29, 0.717) is 41.8 Å². The molecule has 5 heterocycles. The zero-order chi connectivity index (χ0) is 29.7. The second kappa shape index (κ2) is 10.7. The first-order valence-electron chi connectivity index (χ1n) is 14.6. The molecule has 1 amide bonds. The van der Waals surface area contributed by atoms with Gasteiger partial charge >= 0.3 is 6.18 Å². The van der Waals surface area contributed by atoms with Crippen molar-refractivity contribution < 1.29 is 18.0 Å². The van der Waals surface area contributed by atoms with Gasteiger partial charge in [-0.15, -0.1) is 10.2 Å². The fraction of sp³-hybridized carbons (Fsp3) is 0.387. The maximum absolute atomic E-state index is 14.3. The Kier molecular flexibility index (Phi) is 6.88. The minimum Gasteiger partial charge on any atom is -0.370 e. The third-order valence-corrected chi connectivity index (χ3v) is 8.49. The van der Waals surface area contributed by atoms with Crippen LogP contribution in [0.4, 0.5) is 24.8 Å². The predicted octanol–water partition coefficient (Wildman–Crippen LogP) is 5.54. The van der Waals surface area contributed by atoms with Crippen molar-refractivity contribution >= 4 is 17.5 Å². The number of hydrogen-bond acceptors (Lipinski definition) is 7. The summed E-state index contributed by atoms with van der Waals surface area (Å²) in [5, 5.41) is 11.7. The lowest BCUT2D eigenvalue weighted by molar-refractivity contribution is -0.138. The lowest BCUT2D eigenvalue weighted by Gasteiger charge is -2.31. The lowest BCUT2D eigenvalue weighted by atomic mass is 9.98. The van der Waals surface area contributed by atoms with Gasteiger partial charge < -0.3 is 9.88 Å². The molecule has 0 radical (unpaired) electrons. The Bertz CT molecular complexity index is 1690. The van der Waals surface area contributed by atoms with E-state index in [0.717, 1.165) is 37.1 Å². The van der Waals surface area contributed by atoms with Crippen LogP contribution in [0.3, 0.4) is 0 Å². The molecule has 1 aromatic carbocycles. The van der Waals surface area contributed by atoms with E-state index in [1.165, 1.54) is 23.8 Å².